The first-order chi connectivity index (χ1) is 27.8. The topological polar surface area (TPSA) is 334 Å². The number of nitrogens with two attached hydrogens (primary N) is 1. The van der Waals surface area contributed by atoms with E-state index in [1.54, 1.807) is 24.3 Å². The van der Waals surface area contributed by atoms with Crippen LogP contribution < -0.4 is 37.6 Å². The van der Waals surface area contributed by atoms with Crippen molar-refractivity contribution in [2.75, 3.05) is 13.2 Å². The van der Waals surface area contributed by atoms with Gasteiger partial charge in [0, 0.05) is 18.2 Å². The largest absolute Gasteiger partial charge is 0.480 e. The third-order valence-electron chi connectivity index (χ3n) is 9.06. The molecule has 5 unspecified atom stereocenters. The Bertz CT molecular complexity index is 1610. The van der Waals surface area contributed by atoms with Gasteiger partial charge in [-0.3, -0.25) is 33.6 Å². The molecule has 1 saturated heterocycles. The number of carbonyl (C=O) groups is 8. The molecule has 0 aromatic heterocycles. The number of rotatable bonds is 24. The molecule has 1 heterocycles. The lowest BCUT2D eigenvalue weighted by Gasteiger charge is -2.44. The summed E-state index contributed by atoms with van der Waals surface area (Å²) >= 11 is 1.20. The zero-order valence-electron chi connectivity index (χ0n) is 33.5. The lowest BCUT2D eigenvalue weighted by Crippen LogP contribution is -2.65. The molecule has 1 aliphatic rings. The van der Waals surface area contributed by atoms with Crippen LogP contribution in [0.15, 0.2) is 35.2 Å². The number of benzene rings is 1. The van der Waals surface area contributed by atoms with Crippen molar-refractivity contribution >= 4 is 59.1 Å². The Hall–Kier alpha value is -4.87. The van der Waals surface area contributed by atoms with E-state index in [2.05, 4.69) is 31.9 Å². The summed E-state index contributed by atoms with van der Waals surface area (Å²) in [5, 5.41) is 54.4. The summed E-state index contributed by atoms with van der Waals surface area (Å²) in [5.74, 6) is -7.29. The van der Waals surface area contributed by atoms with E-state index >= 15 is 0 Å². The minimum atomic E-state index is -1.60. The van der Waals surface area contributed by atoms with Crippen molar-refractivity contribution in [3.8, 4) is 0 Å². The van der Waals surface area contributed by atoms with Crippen LogP contribution in [0.5, 0.6) is 0 Å². The summed E-state index contributed by atoms with van der Waals surface area (Å²) in [7, 11) is 0. The zero-order chi connectivity index (χ0) is 44.4. The second kappa shape index (κ2) is 24.9. The maximum atomic E-state index is 13.2. The monoisotopic (exact) mass is 855 g/mol. The highest BCUT2D eigenvalue weighted by Crippen LogP contribution is 2.35. The summed E-state index contributed by atoms with van der Waals surface area (Å²) in [5.41, 5.74) is 4.69. The number of thioether (sulfide) groups is 1. The molecule has 330 valence electrons. The predicted molar refractivity (Wildman–Crippen MR) is 210 cm³/mol. The first kappa shape index (κ1) is 50.3. The van der Waals surface area contributed by atoms with Gasteiger partial charge in [-0.05, 0) is 72.1 Å². The normalized spacial score (nSPS) is 21.9. The number of nitrogens with one attached hydrogen (secondary N) is 6. The maximum absolute atomic E-state index is 13.2. The number of aliphatic hydroxyl groups is 2. The Labute approximate surface area is 345 Å². The number of carbonyl (C=O) groups excluding carboxylic acids is 6. The first-order valence-corrected chi connectivity index (χ1v) is 19.9. The van der Waals surface area contributed by atoms with Crippen LogP contribution in [0.1, 0.15) is 66.7 Å². The van der Waals surface area contributed by atoms with Gasteiger partial charge in [0.2, 0.25) is 35.4 Å². The van der Waals surface area contributed by atoms with Gasteiger partial charge < -0.3 is 67.5 Å². The molecular weight excluding hydrogens is 799 g/mol. The molecule has 12 N–H and O–H groups in total. The molecule has 0 spiro atoms. The van der Waals surface area contributed by atoms with Crippen LogP contribution in [0, 0.1) is 0 Å². The van der Waals surface area contributed by atoms with Crippen LogP contribution in [0.25, 0.3) is 0 Å². The standard InChI is InChI=1S/C37H57N7O14S/c1-18(31(49)41-20(3)35(53)54)40-34(52)24(13-9-10-16-38)43-27(47)15-14-25(36(55)56)44-32(50)19(2)39-33(51)21(4)57-30-28(42-22(5)46)37(58-26(17-45)29(30)48)59-23-11-7-6-8-12-23/h6-8,11-12,18-21,24-26,28-30,37,45,48H,9-10,13-17,38H2,1-5H3,(H,39,51)(H,40,52)(H,41,49)(H,42,46)(H,43,47)(H,44,50)(H,53,54)(H,55,56)/t18-,19+,20-,21+,24+,25-,26?,28?,29?,30?,37?/m1/s1. The van der Waals surface area contributed by atoms with E-state index in [0.717, 1.165) is 4.90 Å². The van der Waals surface area contributed by atoms with Crippen molar-refractivity contribution in [1.82, 2.24) is 31.9 Å². The van der Waals surface area contributed by atoms with Gasteiger partial charge in [0.15, 0.2) is 0 Å². The lowest BCUT2D eigenvalue weighted by molar-refractivity contribution is -0.200. The van der Waals surface area contributed by atoms with Crippen molar-refractivity contribution in [3.63, 3.8) is 0 Å². The van der Waals surface area contributed by atoms with Crippen LogP contribution in [0.3, 0.4) is 0 Å². The predicted octanol–water partition coefficient (Wildman–Crippen LogP) is -2.30. The quantitative estimate of drug-likeness (QED) is 0.0487. The minimum Gasteiger partial charge on any atom is -0.480 e. The number of unbranched alkanes of at least 4 members (excludes halogenated alkanes) is 1. The van der Waals surface area contributed by atoms with E-state index < -0.39 is 133 Å². The molecule has 1 fully saturated rings. The molecule has 1 aliphatic heterocycles. The highest BCUT2D eigenvalue weighted by molar-refractivity contribution is 7.99. The Kier molecular flexibility index (Phi) is 21.2. The molecule has 59 heavy (non-hydrogen) atoms. The number of hydrogen-bond donors (Lipinski definition) is 11. The van der Waals surface area contributed by atoms with E-state index in [-0.39, 0.29) is 6.42 Å². The third kappa shape index (κ3) is 16.7. The fourth-order valence-electron chi connectivity index (χ4n) is 5.68. The van der Waals surface area contributed by atoms with Crippen LogP contribution in [-0.4, -0.2) is 147 Å². The molecule has 1 aromatic rings. The second-order valence-corrected chi connectivity index (χ2v) is 15.2. The molecule has 11 atom stereocenters. The smallest absolute Gasteiger partial charge is 0.326 e. The van der Waals surface area contributed by atoms with Crippen LogP contribution >= 0.6 is 11.8 Å². The number of aliphatic carboxylic acids is 2. The maximum Gasteiger partial charge on any atom is 0.326 e. The van der Waals surface area contributed by atoms with Crippen molar-refractivity contribution in [3.05, 3.63) is 30.3 Å². The number of amides is 6. The number of ether oxygens (including phenoxy) is 2. The highest BCUT2D eigenvalue weighted by atomic mass is 32.2. The second-order valence-electron chi connectivity index (χ2n) is 14.0. The van der Waals surface area contributed by atoms with Crippen molar-refractivity contribution < 1.29 is 68.3 Å². The van der Waals surface area contributed by atoms with Crippen LogP contribution in [0.4, 0.5) is 0 Å². The number of carboxylic acid groups (broad SMARTS) is 2. The Morgan fingerprint density at radius 1 is 0.780 bits per heavy atom. The molecule has 22 heteroatoms. The number of hydrogen-bond acceptors (Lipinski definition) is 14. The van der Waals surface area contributed by atoms with E-state index in [0.29, 0.717) is 19.4 Å². The van der Waals surface area contributed by atoms with Gasteiger partial charge in [0.1, 0.15) is 60.1 Å². The SMILES string of the molecule is CC(=O)NC1C(Sc2ccccc2)OC(CO)C(O)C1O[C@@H](C)C(=O)N[C@@H](C)C(=O)N[C@H](CCC(=O)N[C@@H](CCCCN)C(=O)N[C@H](C)C(=O)N[C@H](C)C(=O)O)C(=O)O. The molecule has 21 nitrogen and oxygen atoms in total. The lowest BCUT2D eigenvalue weighted by atomic mass is 9.97. The van der Waals surface area contributed by atoms with E-state index in [4.69, 9.17) is 20.3 Å². The summed E-state index contributed by atoms with van der Waals surface area (Å²) < 4.78 is 11.9. The number of carboxylic acids is 2. The first-order valence-electron chi connectivity index (χ1n) is 19.0. The molecule has 6 amide bonds. The Morgan fingerprint density at radius 3 is 1.93 bits per heavy atom. The van der Waals surface area contributed by atoms with Gasteiger partial charge in [-0.2, -0.15) is 0 Å². The van der Waals surface area contributed by atoms with Gasteiger partial charge in [-0.1, -0.05) is 30.0 Å². The van der Waals surface area contributed by atoms with Crippen LogP contribution in [-0.2, 0) is 47.8 Å². The van der Waals surface area contributed by atoms with E-state index in [1.807, 2.05) is 6.07 Å². The summed E-state index contributed by atoms with van der Waals surface area (Å²) in [6.07, 6.45) is -5.09. The average Bonchev–Trinajstić information content (AvgIpc) is 3.17. The van der Waals surface area contributed by atoms with Gasteiger partial charge in [0.05, 0.1) is 12.6 Å². The van der Waals surface area contributed by atoms with Crippen molar-refractivity contribution in [2.24, 2.45) is 5.73 Å². The molecule has 0 bridgehead atoms. The Balaban J connectivity index is 2.04. The molecule has 2 rings (SSSR count). The fourth-order valence-corrected chi connectivity index (χ4v) is 6.83. The number of aliphatic hydroxyl groups excluding tert-OH is 2. The molecule has 0 radical (unpaired) electrons. The summed E-state index contributed by atoms with van der Waals surface area (Å²) in [6, 6.07) is 1.52. The third-order valence-corrected chi connectivity index (χ3v) is 10.2. The Morgan fingerprint density at radius 2 is 1.37 bits per heavy atom. The average molecular weight is 856 g/mol. The van der Waals surface area contributed by atoms with Gasteiger partial charge in [0.25, 0.3) is 0 Å². The minimum absolute atomic E-state index is 0.115. The van der Waals surface area contributed by atoms with Gasteiger partial charge in [-0.15, -0.1) is 0 Å². The van der Waals surface area contributed by atoms with Gasteiger partial charge in [-0.25, -0.2) is 4.79 Å². The highest BCUT2D eigenvalue weighted by Gasteiger charge is 2.48. The van der Waals surface area contributed by atoms with E-state index in [1.165, 1.54) is 46.4 Å². The van der Waals surface area contributed by atoms with Crippen LogP contribution in [0.2, 0.25) is 0 Å². The molecule has 0 aliphatic carbocycles. The molecular formula is C37H57N7O14S. The van der Waals surface area contributed by atoms with Crippen molar-refractivity contribution in [2.45, 2.75) is 138 Å². The zero-order valence-corrected chi connectivity index (χ0v) is 34.4. The summed E-state index contributed by atoms with van der Waals surface area (Å²) in [6.45, 7) is 6.12. The van der Waals surface area contributed by atoms with E-state index in [9.17, 15) is 53.7 Å². The molecule has 0 saturated carbocycles. The summed E-state index contributed by atoms with van der Waals surface area (Å²) in [4.78, 5) is 101. The van der Waals surface area contributed by atoms with Gasteiger partial charge >= 0.3 is 11.9 Å². The van der Waals surface area contributed by atoms with Crippen molar-refractivity contribution in [1.29, 1.82) is 0 Å². The fraction of sp³-hybridized carbons (Fsp3) is 0.622. The molecule has 1 aromatic carbocycles.